The largest absolute Gasteiger partial charge is 0.371 e. The Balaban J connectivity index is 5.36. The van der Waals surface area contributed by atoms with Crippen LogP contribution in [-0.2, 0) is 19.1 Å². The van der Waals surface area contributed by atoms with Gasteiger partial charge < -0.3 is 9.47 Å². The van der Waals surface area contributed by atoms with Crippen LogP contribution < -0.4 is 0 Å². The average Bonchev–Trinajstić information content (AvgIpc) is 2.67. The van der Waals surface area contributed by atoms with Crippen molar-refractivity contribution in [3.8, 4) is 0 Å². The van der Waals surface area contributed by atoms with Crippen molar-refractivity contribution in [3.05, 3.63) is 0 Å². The Morgan fingerprint density at radius 1 is 0.667 bits per heavy atom. The monoisotopic (exact) mass is 426 g/mol. The molecule has 0 N–H and O–H groups in total. The molecule has 0 aromatic carbocycles. The Kier molecular flexibility index (Phi) is 11.6. The fourth-order valence-electron chi connectivity index (χ4n) is 3.77. The molecule has 0 fully saturated rings. The standard InChI is InChI=1S/C24H46N2O4/c1-11-13-15-19(27)23(7,29-9)17-21(3,4)25-26-22(5,6)18-24(8,30-10)20(28)16-14-12-2/h11-18H2,1-10H3. The number of azo groups is 1. The van der Waals surface area contributed by atoms with Crippen molar-refractivity contribution >= 4 is 11.6 Å². The number of ketones is 2. The SMILES string of the molecule is CCCCC(=O)C(C)(CC(C)(C)N=NC(C)(C)CC(C)(OC)C(=O)CCCC)OC. The van der Waals surface area contributed by atoms with Gasteiger partial charge in [-0.2, -0.15) is 10.2 Å². The lowest BCUT2D eigenvalue weighted by atomic mass is 9.83. The Hall–Kier alpha value is -1.14. The third-order valence-electron chi connectivity index (χ3n) is 5.73. The molecule has 6 heteroatoms. The van der Waals surface area contributed by atoms with E-state index in [0.717, 1.165) is 25.7 Å². The van der Waals surface area contributed by atoms with E-state index in [0.29, 0.717) is 25.7 Å². The van der Waals surface area contributed by atoms with Crippen LogP contribution in [0.15, 0.2) is 10.2 Å². The molecule has 2 unspecified atom stereocenters. The van der Waals surface area contributed by atoms with Crippen molar-refractivity contribution in [2.75, 3.05) is 14.2 Å². The summed E-state index contributed by atoms with van der Waals surface area (Å²) in [6, 6.07) is 0. The Bertz CT molecular complexity index is 536. The minimum Gasteiger partial charge on any atom is -0.371 e. The van der Waals surface area contributed by atoms with E-state index in [2.05, 4.69) is 24.1 Å². The number of unbranched alkanes of at least 4 members (excludes halogenated alkanes) is 2. The van der Waals surface area contributed by atoms with Gasteiger partial charge in [0, 0.05) is 39.9 Å². The van der Waals surface area contributed by atoms with Crippen molar-refractivity contribution in [2.24, 2.45) is 10.2 Å². The summed E-state index contributed by atoms with van der Waals surface area (Å²) >= 11 is 0. The van der Waals surface area contributed by atoms with Crippen LogP contribution in [0.2, 0.25) is 0 Å². The average molecular weight is 427 g/mol. The lowest BCUT2D eigenvalue weighted by Crippen LogP contribution is -2.44. The predicted molar refractivity (Wildman–Crippen MR) is 122 cm³/mol. The van der Waals surface area contributed by atoms with Gasteiger partial charge in [-0.25, -0.2) is 0 Å². The zero-order chi connectivity index (χ0) is 23.6. The maximum Gasteiger partial charge on any atom is 0.164 e. The van der Waals surface area contributed by atoms with E-state index >= 15 is 0 Å². The van der Waals surface area contributed by atoms with Gasteiger partial charge in [-0.05, 0) is 54.4 Å². The van der Waals surface area contributed by atoms with Crippen molar-refractivity contribution in [1.29, 1.82) is 0 Å². The normalized spacial score (nSPS) is 17.0. The molecule has 0 amide bonds. The van der Waals surface area contributed by atoms with E-state index in [1.54, 1.807) is 14.2 Å². The first kappa shape index (κ1) is 28.9. The van der Waals surface area contributed by atoms with E-state index in [-0.39, 0.29) is 11.6 Å². The van der Waals surface area contributed by atoms with Crippen LogP contribution in [-0.4, -0.2) is 48.1 Å². The number of Topliss-reactive ketones (excluding diaryl/α,β-unsaturated/α-hetero) is 2. The number of methoxy groups -OCH3 is 2. The van der Waals surface area contributed by atoms with Crippen LogP contribution in [0.25, 0.3) is 0 Å². The van der Waals surface area contributed by atoms with Gasteiger partial charge in [-0.15, -0.1) is 0 Å². The van der Waals surface area contributed by atoms with Gasteiger partial charge in [0.2, 0.25) is 0 Å². The fourth-order valence-corrected chi connectivity index (χ4v) is 3.77. The van der Waals surface area contributed by atoms with Crippen molar-refractivity contribution in [1.82, 2.24) is 0 Å². The highest BCUT2D eigenvalue weighted by atomic mass is 16.5. The van der Waals surface area contributed by atoms with Crippen LogP contribution >= 0.6 is 0 Å². The molecule has 2 atom stereocenters. The maximum absolute atomic E-state index is 12.7. The van der Waals surface area contributed by atoms with Crippen LogP contribution in [0.4, 0.5) is 0 Å². The van der Waals surface area contributed by atoms with Crippen molar-refractivity contribution < 1.29 is 19.1 Å². The molecule has 0 saturated carbocycles. The first-order valence-electron chi connectivity index (χ1n) is 11.3. The molecule has 0 aliphatic carbocycles. The zero-order valence-corrected chi connectivity index (χ0v) is 21.2. The second kappa shape index (κ2) is 12.0. The molecular formula is C24H46N2O4. The molecule has 30 heavy (non-hydrogen) atoms. The molecule has 6 nitrogen and oxygen atoms in total. The van der Waals surface area contributed by atoms with Crippen LogP contribution in [0.5, 0.6) is 0 Å². The van der Waals surface area contributed by atoms with Gasteiger partial charge in [0.15, 0.2) is 11.6 Å². The molecule has 0 aliphatic rings. The Labute approximate surface area is 184 Å². The number of rotatable bonds is 16. The van der Waals surface area contributed by atoms with Crippen LogP contribution in [0, 0.1) is 0 Å². The highest BCUT2D eigenvalue weighted by Gasteiger charge is 2.41. The fraction of sp³-hybridized carbons (Fsp3) is 0.917. The predicted octanol–water partition coefficient (Wildman–Crippen LogP) is 6.10. The van der Waals surface area contributed by atoms with Gasteiger partial charge in [0.1, 0.15) is 11.2 Å². The molecule has 0 bridgehead atoms. The van der Waals surface area contributed by atoms with E-state index in [4.69, 9.17) is 9.47 Å². The van der Waals surface area contributed by atoms with Gasteiger partial charge >= 0.3 is 0 Å². The number of carbonyl (C=O) groups excluding carboxylic acids is 2. The summed E-state index contributed by atoms with van der Waals surface area (Å²) in [5.74, 6) is 0.200. The van der Waals surface area contributed by atoms with E-state index in [1.807, 2.05) is 41.5 Å². The maximum atomic E-state index is 12.7. The molecule has 0 aromatic rings. The summed E-state index contributed by atoms with van der Waals surface area (Å²) in [4.78, 5) is 25.3. The second-order valence-electron chi connectivity index (χ2n) is 10.1. The number of hydrogen-bond donors (Lipinski definition) is 0. The van der Waals surface area contributed by atoms with Crippen molar-refractivity contribution in [3.63, 3.8) is 0 Å². The van der Waals surface area contributed by atoms with Gasteiger partial charge in [0.05, 0.1) is 11.1 Å². The molecule has 0 rings (SSSR count). The molecule has 0 heterocycles. The van der Waals surface area contributed by atoms with E-state index in [1.165, 1.54) is 0 Å². The number of hydrogen-bond acceptors (Lipinski definition) is 6. The highest BCUT2D eigenvalue weighted by molar-refractivity contribution is 5.87. The Morgan fingerprint density at radius 3 is 1.20 bits per heavy atom. The minimum absolute atomic E-state index is 0.0999. The van der Waals surface area contributed by atoms with Crippen LogP contribution in [0.3, 0.4) is 0 Å². The van der Waals surface area contributed by atoms with Gasteiger partial charge in [-0.1, -0.05) is 26.7 Å². The lowest BCUT2D eigenvalue weighted by Gasteiger charge is -2.35. The smallest absolute Gasteiger partial charge is 0.164 e. The lowest BCUT2D eigenvalue weighted by molar-refractivity contribution is -0.142. The quantitative estimate of drug-likeness (QED) is 0.279. The summed E-state index contributed by atoms with van der Waals surface area (Å²) in [7, 11) is 3.15. The molecular weight excluding hydrogens is 380 g/mol. The first-order chi connectivity index (χ1) is 13.7. The molecule has 0 radical (unpaired) electrons. The molecule has 176 valence electrons. The summed E-state index contributed by atoms with van der Waals surface area (Å²) in [6.07, 6.45) is 5.54. The zero-order valence-electron chi connectivity index (χ0n) is 21.2. The van der Waals surface area contributed by atoms with E-state index < -0.39 is 22.3 Å². The minimum atomic E-state index is -0.890. The van der Waals surface area contributed by atoms with Gasteiger partial charge in [-0.3, -0.25) is 9.59 Å². The third-order valence-corrected chi connectivity index (χ3v) is 5.73. The highest BCUT2D eigenvalue weighted by Crippen LogP contribution is 2.33. The topological polar surface area (TPSA) is 77.3 Å². The summed E-state index contributed by atoms with van der Waals surface area (Å²) in [5.41, 5.74) is -2.95. The summed E-state index contributed by atoms with van der Waals surface area (Å²) in [6.45, 7) is 15.6. The molecule has 0 spiro atoms. The van der Waals surface area contributed by atoms with Crippen LogP contribution in [0.1, 0.15) is 107 Å². The van der Waals surface area contributed by atoms with Crippen molar-refractivity contribution in [2.45, 2.75) is 129 Å². The second-order valence-corrected chi connectivity index (χ2v) is 10.1. The Morgan fingerprint density at radius 2 is 0.967 bits per heavy atom. The number of ether oxygens (including phenoxy) is 2. The molecule has 0 aromatic heterocycles. The number of carbonyl (C=O) groups is 2. The molecule has 0 aliphatic heterocycles. The summed E-state index contributed by atoms with van der Waals surface area (Å²) < 4.78 is 11.2. The van der Waals surface area contributed by atoms with E-state index in [9.17, 15) is 9.59 Å². The first-order valence-corrected chi connectivity index (χ1v) is 11.3. The molecule has 0 saturated heterocycles. The summed E-state index contributed by atoms with van der Waals surface area (Å²) in [5, 5.41) is 9.18. The third kappa shape index (κ3) is 9.34. The van der Waals surface area contributed by atoms with Gasteiger partial charge in [0.25, 0.3) is 0 Å². The number of nitrogens with zero attached hydrogens (tertiary/aromatic N) is 2.